The highest BCUT2D eigenvalue weighted by Gasteiger charge is 2.13. The number of carbonyl (C=O) groups is 1. The molecule has 0 bridgehead atoms. The number of rotatable bonds is 2. The molecule has 2 N–H and O–H groups in total. The summed E-state index contributed by atoms with van der Waals surface area (Å²) in [7, 11) is 1.33. The molecule has 82 valence electrons. The molecule has 0 saturated carbocycles. The molecular formula is C11H10N2O3. The second-order valence-corrected chi connectivity index (χ2v) is 3.21. The molecule has 0 amide bonds. The van der Waals surface area contributed by atoms with Crippen LogP contribution in [0.25, 0.3) is 10.9 Å². The summed E-state index contributed by atoms with van der Waals surface area (Å²) in [4.78, 5) is 14.5. The summed E-state index contributed by atoms with van der Waals surface area (Å²) in [6, 6.07) is 5.25. The Morgan fingerprint density at radius 3 is 3.06 bits per heavy atom. The number of carbonyl (C=O) groups excluding carboxylic acids is 1. The van der Waals surface area contributed by atoms with E-state index < -0.39 is 5.97 Å². The normalized spacial score (nSPS) is 11.1. The highest BCUT2D eigenvalue weighted by molar-refractivity contribution is 6.10. The Morgan fingerprint density at radius 1 is 1.56 bits per heavy atom. The monoisotopic (exact) mass is 218 g/mol. The Balaban J connectivity index is 2.72. The first-order chi connectivity index (χ1) is 7.77. The van der Waals surface area contributed by atoms with Crippen molar-refractivity contribution >= 4 is 23.1 Å². The van der Waals surface area contributed by atoms with Gasteiger partial charge in [0.15, 0.2) is 0 Å². The number of methoxy groups -OCH3 is 1. The van der Waals surface area contributed by atoms with Gasteiger partial charge in [-0.25, -0.2) is 4.79 Å². The zero-order chi connectivity index (χ0) is 11.5. The Bertz CT molecular complexity index is 557. The van der Waals surface area contributed by atoms with Crippen molar-refractivity contribution in [2.45, 2.75) is 0 Å². The number of oxime groups is 1. The van der Waals surface area contributed by atoms with E-state index in [9.17, 15) is 4.79 Å². The molecule has 0 aliphatic rings. The predicted octanol–water partition coefficient (Wildman–Crippen LogP) is 1.76. The van der Waals surface area contributed by atoms with Crippen LogP contribution < -0.4 is 0 Å². The van der Waals surface area contributed by atoms with Crippen molar-refractivity contribution in [2.24, 2.45) is 5.16 Å². The molecule has 0 saturated heterocycles. The van der Waals surface area contributed by atoms with Gasteiger partial charge in [0.25, 0.3) is 0 Å². The van der Waals surface area contributed by atoms with E-state index in [2.05, 4.69) is 14.9 Å². The van der Waals surface area contributed by atoms with Crippen molar-refractivity contribution in [3.05, 3.63) is 35.5 Å². The third-order valence-electron chi connectivity index (χ3n) is 2.34. The maximum Gasteiger partial charge on any atom is 0.338 e. The topological polar surface area (TPSA) is 74.7 Å². The van der Waals surface area contributed by atoms with Gasteiger partial charge in [-0.05, 0) is 12.1 Å². The molecule has 16 heavy (non-hydrogen) atoms. The zero-order valence-electron chi connectivity index (χ0n) is 8.60. The Labute approximate surface area is 91.3 Å². The average molecular weight is 218 g/mol. The van der Waals surface area contributed by atoms with Crippen LogP contribution in [-0.2, 0) is 4.74 Å². The SMILES string of the molecule is COC(=O)c1cccc2[nH]cc(C=NO)c12. The summed E-state index contributed by atoms with van der Waals surface area (Å²) in [5, 5.41) is 12.2. The van der Waals surface area contributed by atoms with Crippen LogP contribution in [0, 0.1) is 0 Å². The highest BCUT2D eigenvalue weighted by Crippen LogP contribution is 2.22. The average Bonchev–Trinajstić information content (AvgIpc) is 2.72. The first kappa shape index (κ1) is 10.2. The molecule has 0 atom stereocenters. The molecule has 0 radical (unpaired) electrons. The van der Waals surface area contributed by atoms with E-state index in [4.69, 9.17) is 5.21 Å². The number of aromatic amines is 1. The molecule has 0 fully saturated rings. The molecule has 1 aromatic carbocycles. The molecule has 5 nitrogen and oxygen atoms in total. The van der Waals surface area contributed by atoms with E-state index in [1.54, 1.807) is 18.3 Å². The van der Waals surface area contributed by atoms with Gasteiger partial charge in [-0.15, -0.1) is 0 Å². The van der Waals surface area contributed by atoms with Crippen LogP contribution in [0.2, 0.25) is 0 Å². The lowest BCUT2D eigenvalue weighted by atomic mass is 10.1. The molecule has 2 aromatic rings. The number of hydrogen-bond donors (Lipinski definition) is 2. The second kappa shape index (κ2) is 4.06. The van der Waals surface area contributed by atoms with Gasteiger partial charge < -0.3 is 14.9 Å². The van der Waals surface area contributed by atoms with Gasteiger partial charge in [0.05, 0.1) is 18.9 Å². The number of fused-ring (bicyclic) bond motifs is 1. The van der Waals surface area contributed by atoms with Crippen LogP contribution >= 0.6 is 0 Å². The first-order valence-corrected chi connectivity index (χ1v) is 4.63. The van der Waals surface area contributed by atoms with E-state index in [-0.39, 0.29) is 0 Å². The Morgan fingerprint density at radius 2 is 2.38 bits per heavy atom. The molecule has 1 aromatic heterocycles. The maximum absolute atomic E-state index is 11.5. The summed E-state index contributed by atoms with van der Waals surface area (Å²) >= 11 is 0. The largest absolute Gasteiger partial charge is 0.465 e. The second-order valence-electron chi connectivity index (χ2n) is 3.21. The van der Waals surface area contributed by atoms with Crippen LogP contribution in [0.5, 0.6) is 0 Å². The number of H-pyrrole nitrogens is 1. The molecule has 2 rings (SSSR count). The van der Waals surface area contributed by atoms with Gasteiger partial charge in [-0.3, -0.25) is 0 Å². The van der Waals surface area contributed by atoms with Crippen molar-refractivity contribution < 1.29 is 14.7 Å². The van der Waals surface area contributed by atoms with Gasteiger partial charge in [-0.2, -0.15) is 0 Å². The lowest BCUT2D eigenvalue weighted by molar-refractivity contribution is 0.0603. The van der Waals surface area contributed by atoms with E-state index in [0.29, 0.717) is 16.5 Å². The van der Waals surface area contributed by atoms with Crippen molar-refractivity contribution in [2.75, 3.05) is 7.11 Å². The van der Waals surface area contributed by atoms with E-state index in [1.165, 1.54) is 13.3 Å². The van der Waals surface area contributed by atoms with E-state index in [1.807, 2.05) is 6.07 Å². The number of ether oxygens (including phenoxy) is 1. The fourth-order valence-corrected chi connectivity index (χ4v) is 1.66. The summed E-state index contributed by atoms with van der Waals surface area (Å²) < 4.78 is 4.69. The number of esters is 1. The van der Waals surface area contributed by atoms with Gasteiger partial charge >= 0.3 is 5.97 Å². The van der Waals surface area contributed by atoms with Crippen molar-refractivity contribution in [1.29, 1.82) is 0 Å². The van der Waals surface area contributed by atoms with Crippen LogP contribution in [0.3, 0.4) is 0 Å². The fourth-order valence-electron chi connectivity index (χ4n) is 1.66. The minimum absolute atomic E-state index is 0.419. The maximum atomic E-state index is 11.5. The van der Waals surface area contributed by atoms with Crippen LogP contribution in [-0.4, -0.2) is 29.5 Å². The molecule has 5 heteroatoms. The summed E-state index contributed by atoms with van der Waals surface area (Å²) in [6.45, 7) is 0. The quantitative estimate of drug-likeness (QED) is 0.349. The smallest absolute Gasteiger partial charge is 0.338 e. The molecular weight excluding hydrogens is 208 g/mol. The van der Waals surface area contributed by atoms with Gasteiger partial charge in [0, 0.05) is 22.7 Å². The van der Waals surface area contributed by atoms with E-state index >= 15 is 0 Å². The van der Waals surface area contributed by atoms with Crippen LogP contribution in [0.15, 0.2) is 29.6 Å². The molecule has 1 heterocycles. The van der Waals surface area contributed by atoms with Crippen molar-refractivity contribution in [3.63, 3.8) is 0 Å². The third-order valence-corrected chi connectivity index (χ3v) is 2.34. The fraction of sp³-hybridized carbons (Fsp3) is 0.0909. The van der Waals surface area contributed by atoms with Crippen molar-refractivity contribution in [1.82, 2.24) is 4.98 Å². The molecule has 0 spiro atoms. The predicted molar refractivity (Wildman–Crippen MR) is 59.0 cm³/mol. The molecule has 0 aliphatic heterocycles. The Kier molecular flexibility index (Phi) is 2.59. The summed E-state index contributed by atoms with van der Waals surface area (Å²) in [5.74, 6) is -0.419. The lowest BCUT2D eigenvalue weighted by Gasteiger charge is -2.01. The van der Waals surface area contributed by atoms with Crippen LogP contribution in [0.1, 0.15) is 15.9 Å². The van der Waals surface area contributed by atoms with E-state index in [0.717, 1.165) is 5.52 Å². The number of benzene rings is 1. The Hall–Kier alpha value is -2.30. The van der Waals surface area contributed by atoms with Crippen molar-refractivity contribution in [3.8, 4) is 0 Å². The lowest BCUT2D eigenvalue weighted by Crippen LogP contribution is -2.02. The minimum atomic E-state index is -0.419. The third kappa shape index (κ3) is 1.52. The number of nitrogens with one attached hydrogen (secondary N) is 1. The number of aromatic nitrogens is 1. The van der Waals surface area contributed by atoms with Crippen LogP contribution in [0.4, 0.5) is 0 Å². The standard InChI is InChI=1S/C11H10N2O3/c1-16-11(14)8-3-2-4-9-10(8)7(5-12-9)6-13-15/h2-6,12,15H,1H3. The summed E-state index contributed by atoms with van der Waals surface area (Å²) in [6.07, 6.45) is 2.93. The minimum Gasteiger partial charge on any atom is -0.465 e. The number of nitrogens with zero attached hydrogens (tertiary/aromatic N) is 1. The summed E-state index contributed by atoms with van der Waals surface area (Å²) in [5.41, 5.74) is 1.87. The molecule has 0 aliphatic carbocycles. The molecule has 0 unspecified atom stereocenters. The van der Waals surface area contributed by atoms with Gasteiger partial charge in [0.2, 0.25) is 0 Å². The zero-order valence-corrected chi connectivity index (χ0v) is 8.60. The van der Waals surface area contributed by atoms with Gasteiger partial charge in [-0.1, -0.05) is 11.2 Å². The van der Waals surface area contributed by atoms with Gasteiger partial charge in [0.1, 0.15) is 0 Å². The first-order valence-electron chi connectivity index (χ1n) is 4.63. The highest BCUT2D eigenvalue weighted by atomic mass is 16.5. The number of hydrogen-bond acceptors (Lipinski definition) is 4.